The van der Waals surface area contributed by atoms with Crippen LogP contribution in [-0.4, -0.2) is 32.7 Å². The first-order chi connectivity index (χ1) is 12.7. The first kappa shape index (κ1) is 19.7. The van der Waals surface area contributed by atoms with Crippen molar-refractivity contribution in [3.8, 4) is 0 Å². The number of nitrogens with zero attached hydrogens (tertiary/aromatic N) is 3. The number of carbonyl (C=O) groups is 1. The van der Waals surface area contributed by atoms with Crippen molar-refractivity contribution in [1.29, 1.82) is 0 Å². The molecule has 1 saturated carbocycles. The highest BCUT2D eigenvalue weighted by Crippen LogP contribution is 2.36. The van der Waals surface area contributed by atoms with E-state index in [1.165, 1.54) is 11.9 Å². The van der Waals surface area contributed by atoms with Gasteiger partial charge < -0.3 is 4.90 Å². The van der Waals surface area contributed by atoms with Crippen LogP contribution in [-0.2, 0) is 7.05 Å². The van der Waals surface area contributed by atoms with Gasteiger partial charge in [0.05, 0.1) is 6.04 Å². The maximum atomic E-state index is 14.4. The fraction of sp³-hybridized carbons (Fsp3) is 0.368. The molecule has 8 heteroatoms. The first-order valence-electron chi connectivity index (χ1n) is 8.50. The maximum absolute atomic E-state index is 14.4. The summed E-state index contributed by atoms with van der Waals surface area (Å²) >= 11 is 3.36. The molecule has 1 aliphatic carbocycles. The quantitative estimate of drug-likeness (QED) is 0.634. The van der Waals surface area contributed by atoms with Crippen LogP contribution in [0.1, 0.15) is 47.8 Å². The number of alkyl halides is 2. The largest absolute Gasteiger partial charge is 0.329 e. The van der Waals surface area contributed by atoms with Gasteiger partial charge in [-0.2, -0.15) is 9.49 Å². The molecule has 1 aromatic carbocycles. The maximum Gasteiger partial charge on any atom is 0.283 e. The second-order valence-corrected chi connectivity index (χ2v) is 7.54. The van der Waals surface area contributed by atoms with Crippen LogP contribution in [0.4, 0.5) is 13.2 Å². The highest BCUT2D eigenvalue weighted by Gasteiger charge is 2.41. The predicted octanol–water partition coefficient (Wildman–Crippen LogP) is 4.97. The van der Waals surface area contributed by atoms with E-state index in [1.54, 1.807) is 6.92 Å². The van der Waals surface area contributed by atoms with Crippen molar-refractivity contribution in [2.75, 3.05) is 0 Å². The van der Waals surface area contributed by atoms with Crippen molar-refractivity contribution in [2.24, 2.45) is 7.05 Å². The third kappa shape index (κ3) is 3.81. The molecule has 1 amide bonds. The van der Waals surface area contributed by atoms with E-state index in [9.17, 15) is 18.0 Å². The topological polar surface area (TPSA) is 38.1 Å². The Hall–Kier alpha value is -2.09. The SMILES string of the molecule is C=C(c1ccc(Br)cc1)C(C)N(C(=O)c1c(C(F)F)nn(C)c1F)C1CC1. The molecule has 0 saturated heterocycles. The van der Waals surface area contributed by atoms with Gasteiger partial charge in [-0.05, 0) is 43.0 Å². The van der Waals surface area contributed by atoms with E-state index < -0.39 is 35.6 Å². The number of amides is 1. The zero-order valence-electron chi connectivity index (χ0n) is 14.9. The molecule has 0 N–H and O–H groups in total. The Balaban J connectivity index is 1.95. The Morgan fingerprint density at radius 2 is 1.93 bits per heavy atom. The van der Waals surface area contributed by atoms with Gasteiger partial charge in [-0.25, -0.2) is 13.5 Å². The number of aromatic nitrogens is 2. The highest BCUT2D eigenvalue weighted by molar-refractivity contribution is 9.10. The smallest absolute Gasteiger partial charge is 0.283 e. The fourth-order valence-corrected chi connectivity index (χ4v) is 3.35. The number of carbonyl (C=O) groups excluding carboxylic acids is 1. The lowest BCUT2D eigenvalue weighted by Gasteiger charge is -2.31. The van der Waals surface area contributed by atoms with E-state index in [0.29, 0.717) is 10.3 Å². The van der Waals surface area contributed by atoms with Crippen LogP contribution in [0.25, 0.3) is 5.57 Å². The van der Waals surface area contributed by atoms with Crippen molar-refractivity contribution in [3.05, 3.63) is 58.1 Å². The number of hydrogen-bond acceptors (Lipinski definition) is 2. The number of halogens is 4. The zero-order valence-corrected chi connectivity index (χ0v) is 16.5. The molecular formula is C19H19BrF3N3O. The van der Waals surface area contributed by atoms with Crippen molar-refractivity contribution < 1.29 is 18.0 Å². The van der Waals surface area contributed by atoms with E-state index in [0.717, 1.165) is 22.9 Å². The lowest BCUT2D eigenvalue weighted by atomic mass is 9.99. The molecule has 1 fully saturated rings. The summed E-state index contributed by atoms with van der Waals surface area (Å²) in [5, 5.41) is 3.48. The molecule has 144 valence electrons. The minimum atomic E-state index is -3.04. The molecular weight excluding hydrogens is 423 g/mol. The van der Waals surface area contributed by atoms with Gasteiger partial charge in [0.2, 0.25) is 5.95 Å². The molecule has 4 nitrogen and oxygen atoms in total. The van der Waals surface area contributed by atoms with Crippen LogP contribution in [0.15, 0.2) is 35.3 Å². The summed E-state index contributed by atoms with van der Waals surface area (Å²) in [5.74, 6) is -1.83. The molecule has 1 aromatic heterocycles. The highest BCUT2D eigenvalue weighted by atomic mass is 79.9. The summed E-state index contributed by atoms with van der Waals surface area (Å²) in [6, 6.07) is 6.82. The molecule has 0 aliphatic heterocycles. The van der Waals surface area contributed by atoms with E-state index in [-0.39, 0.29) is 6.04 Å². The molecule has 0 spiro atoms. The van der Waals surface area contributed by atoms with Crippen molar-refractivity contribution in [2.45, 2.75) is 38.3 Å². The standard InChI is InChI=1S/C19H19BrF3N3O/c1-10(12-4-6-13(20)7-5-12)11(2)26(14-8-9-14)19(27)15-16(17(21)22)24-25(3)18(15)23/h4-7,11,14,17H,1,8-9H2,2-3H3. The molecule has 1 atom stereocenters. The summed E-state index contributed by atoms with van der Waals surface area (Å²) in [6.45, 7) is 5.85. The average Bonchev–Trinajstić information content (AvgIpc) is 3.40. The van der Waals surface area contributed by atoms with E-state index in [1.807, 2.05) is 24.3 Å². The normalized spacial score (nSPS) is 15.1. The fourth-order valence-electron chi connectivity index (χ4n) is 3.09. The van der Waals surface area contributed by atoms with Gasteiger partial charge >= 0.3 is 0 Å². The molecule has 3 rings (SSSR count). The summed E-state index contributed by atoms with van der Waals surface area (Å²) in [4.78, 5) is 14.5. The van der Waals surface area contributed by atoms with Crippen LogP contribution in [0.2, 0.25) is 0 Å². The van der Waals surface area contributed by atoms with Crippen LogP contribution in [0, 0.1) is 5.95 Å². The van der Waals surface area contributed by atoms with Crippen molar-refractivity contribution >= 4 is 27.4 Å². The van der Waals surface area contributed by atoms with Gasteiger partial charge in [0.25, 0.3) is 12.3 Å². The van der Waals surface area contributed by atoms with Gasteiger partial charge in [-0.15, -0.1) is 0 Å². The number of benzene rings is 1. The first-order valence-corrected chi connectivity index (χ1v) is 9.29. The number of hydrogen-bond donors (Lipinski definition) is 0. The molecule has 0 radical (unpaired) electrons. The van der Waals surface area contributed by atoms with E-state index in [4.69, 9.17) is 0 Å². The molecule has 0 bridgehead atoms. The third-order valence-corrected chi connectivity index (χ3v) is 5.26. The minimum absolute atomic E-state index is 0.121. The summed E-state index contributed by atoms with van der Waals surface area (Å²) in [7, 11) is 1.20. The van der Waals surface area contributed by atoms with Crippen molar-refractivity contribution in [1.82, 2.24) is 14.7 Å². The zero-order chi connectivity index (χ0) is 19.9. The Bertz CT molecular complexity index is 875. The Morgan fingerprint density at radius 3 is 2.44 bits per heavy atom. The summed E-state index contributed by atoms with van der Waals surface area (Å²) in [5.41, 5.74) is -0.00232. The molecule has 1 unspecified atom stereocenters. The predicted molar refractivity (Wildman–Crippen MR) is 100.0 cm³/mol. The third-order valence-electron chi connectivity index (χ3n) is 4.74. The van der Waals surface area contributed by atoms with Crippen LogP contribution in [0.5, 0.6) is 0 Å². The monoisotopic (exact) mass is 441 g/mol. The minimum Gasteiger partial charge on any atom is -0.329 e. The summed E-state index contributed by atoms with van der Waals surface area (Å²) < 4.78 is 42.6. The number of rotatable bonds is 6. The van der Waals surface area contributed by atoms with Gasteiger partial charge in [0, 0.05) is 17.6 Å². The Labute approximate surface area is 163 Å². The number of aryl methyl sites for hydroxylation is 1. The van der Waals surface area contributed by atoms with Gasteiger partial charge in [0.15, 0.2) is 0 Å². The lowest BCUT2D eigenvalue weighted by molar-refractivity contribution is 0.0698. The average molecular weight is 442 g/mol. The second kappa shape index (κ2) is 7.50. The van der Waals surface area contributed by atoms with Gasteiger partial charge in [-0.3, -0.25) is 4.79 Å². The lowest BCUT2D eigenvalue weighted by Crippen LogP contribution is -2.41. The second-order valence-electron chi connectivity index (χ2n) is 6.63. The molecule has 1 heterocycles. The Kier molecular flexibility index (Phi) is 5.46. The molecule has 1 aliphatic rings. The van der Waals surface area contributed by atoms with Gasteiger partial charge in [-0.1, -0.05) is 34.6 Å². The molecule has 2 aromatic rings. The Morgan fingerprint density at radius 1 is 1.33 bits per heavy atom. The van der Waals surface area contributed by atoms with Crippen LogP contribution in [0.3, 0.4) is 0 Å². The van der Waals surface area contributed by atoms with E-state index in [2.05, 4.69) is 27.6 Å². The van der Waals surface area contributed by atoms with Crippen molar-refractivity contribution in [3.63, 3.8) is 0 Å². The van der Waals surface area contributed by atoms with Crippen LogP contribution < -0.4 is 0 Å². The molecule has 27 heavy (non-hydrogen) atoms. The van der Waals surface area contributed by atoms with E-state index >= 15 is 0 Å². The summed E-state index contributed by atoms with van der Waals surface area (Å²) in [6.07, 6.45) is -1.55. The van der Waals surface area contributed by atoms with Gasteiger partial charge in [0.1, 0.15) is 11.3 Å². The van der Waals surface area contributed by atoms with Crippen LogP contribution >= 0.6 is 15.9 Å².